The molecule has 5 heteroatoms. The van der Waals surface area contributed by atoms with E-state index in [1.54, 1.807) is 12.1 Å². The van der Waals surface area contributed by atoms with Crippen LogP contribution in [0.5, 0.6) is 0 Å². The summed E-state index contributed by atoms with van der Waals surface area (Å²) in [6, 6.07) is 12.0. The lowest BCUT2D eigenvalue weighted by atomic mass is 10.0. The Morgan fingerprint density at radius 1 is 1.10 bits per heavy atom. The fraction of sp³-hybridized carbons (Fsp3) is 0.0625. The maximum absolute atomic E-state index is 13.1. The molecule has 0 aliphatic carbocycles. The number of aromatic nitrogens is 1. The van der Waals surface area contributed by atoms with Crippen molar-refractivity contribution in [2.45, 2.75) is 6.92 Å². The molecule has 2 aromatic carbocycles. The molecule has 0 radical (unpaired) electrons. The smallest absolute Gasteiger partial charge is 0.230 e. The molecule has 21 heavy (non-hydrogen) atoms. The number of anilines is 1. The molecule has 106 valence electrons. The highest BCUT2D eigenvalue weighted by Crippen LogP contribution is 2.37. The number of halogens is 2. The predicted octanol–water partition coefficient (Wildman–Crippen LogP) is 4.80. The van der Waals surface area contributed by atoms with Gasteiger partial charge in [-0.2, -0.15) is 0 Å². The Kier molecular flexibility index (Phi) is 3.51. The summed E-state index contributed by atoms with van der Waals surface area (Å²) < 4.78 is 19.2. The van der Waals surface area contributed by atoms with Crippen LogP contribution >= 0.6 is 15.9 Å². The van der Waals surface area contributed by atoms with Crippen LogP contribution in [0.4, 0.5) is 10.3 Å². The van der Waals surface area contributed by atoms with E-state index in [1.165, 1.54) is 12.1 Å². The fourth-order valence-corrected chi connectivity index (χ4v) is 2.51. The Hall–Kier alpha value is -2.14. The number of hydrogen-bond acceptors (Lipinski definition) is 3. The van der Waals surface area contributed by atoms with Gasteiger partial charge in [-0.15, -0.1) is 0 Å². The molecule has 3 aromatic rings. The molecule has 0 bridgehead atoms. The van der Waals surface area contributed by atoms with Crippen LogP contribution in [0, 0.1) is 12.7 Å². The van der Waals surface area contributed by atoms with Crippen LogP contribution in [0.25, 0.3) is 22.4 Å². The van der Waals surface area contributed by atoms with Crippen LogP contribution in [0.15, 0.2) is 51.5 Å². The van der Waals surface area contributed by atoms with Crippen molar-refractivity contribution >= 4 is 21.8 Å². The number of nitrogen functional groups attached to an aromatic ring is 1. The zero-order valence-electron chi connectivity index (χ0n) is 11.2. The minimum atomic E-state index is -0.298. The molecular weight excluding hydrogens is 335 g/mol. The first-order valence-corrected chi connectivity index (χ1v) is 7.13. The first-order chi connectivity index (χ1) is 10.1. The van der Waals surface area contributed by atoms with Gasteiger partial charge in [0.05, 0.1) is 5.56 Å². The van der Waals surface area contributed by atoms with E-state index in [2.05, 4.69) is 21.1 Å². The van der Waals surface area contributed by atoms with E-state index in [9.17, 15) is 4.39 Å². The van der Waals surface area contributed by atoms with E-state index in [0.717, 1.165) is 21.2 Å². The molecule has 1 aromatic heterocycles. The van der Waals surface area contributed by atoms with Crippen molar-refractivity contribution in [1.82, 2.24) is 5.16 Å². The quantitative estimate of drug-likeness (QED) is 0.724. The Balaban J connectivity index is 2.16. The fourth-order valence-electron chi connectivity index (χ4n) is 2.14. The van der Waals surface area contributed by atoms with Crippen molar-refractivity contribution in [3.8, 4) is 22.4 Å². The van der Waals surface area contributed by atoms with Gasteiger partial charge in [0.15, 0.2) is 0 Å². The third-order valence-electron chi connectivity index (χ3n) is 3.30. The summed E-state index contributed by atoms with van der Waals surface area (Å²) in [5, 5.41) is 4.04. The molecule has 0 atom stereocenters. The monoisotopic (exact) mass is 346 g/mol. The summed E-state index contributed by atoms with van der Waals surface area (Å²) >= 11 is 3.50. The minimum Gasteiger partial charge on any atom is -0.367 e. The third-order valence-corrected chi connectivity index (χ3v) is 4.15. The summed E-state index contributed by atoms with van der Waals surface area (Å²) in [5.74, 6) is -0.0817. The van der Waals surface area contributed by atoms with Gasteiger partial charge in [0.2, 0.25) is 5.88 Å². The topological polar surface area (TPSA) is 52.0 Å². The molecule has 1 heterocycles. The van der Waals surface area contributed by atoms with Gasteiger partial charge < -0.3 is 10.3 Å². The average molecular weight is 347 g/mol. The van der Waals surface area contributed by atoms with E-state index >= 15 is 0 Å². The van der Waals surface area contributed by atoms with Gasteiger partial charge in [0.25, 0.3) is 0 Å². The maximum Gasteiger partial charge on any atom is 0.230 e. The molecule has 2 N–H and O–H groups in total. The number of aryl methyl sites for hydroxylation is 1. The molecule has 0 fully saturated rings. The first kappa shape index (κ1) is 13.8. The molecular formula is C16H12BrFN2O. The van der Waals surface area contributed by atoms with Crippen LogP contribution in [0.2, 0.25) is 0 Å². The Morgan fingerprint density at radius 2 is 1.76 bits per heavy atom. The molecule has 3 nitrogen and oxygen atoms in total. The molecule has 0 unspecified atom stereocenters. The van der Waals surface area contributed by atoms with E-state index in [-0.39, 0.29) is 11.7 Å². The van der Waals surface area contributed by atoms with Gasteiger partial charge in [0.1, 0.15) is 11.5 Å². The first-order valence-electron chi connectivity index (χ1n) is 6.34. The van der Waals surface area contributed by atoms with Crippen LogP contribution in [-0.4, -0.2) is 5.16 Å². The van der Waals surface area contributed by atoms with Crippen molar-refractivity contribution in [3.05, 3.63) is 58.3 Å². The van der Waals surface area contributed by atoms with E-state index in [1.807, 2.05) is 25.1 Å². The molecule has 0 saturated carbocycles. The van der Waals surface area contributed by atoms with Crippen molar-refractivity contribution in [2.24, 2.45) is 0 Å². The van der Waals surface area contributed by atoms with Crippen LogP contribution in [-0.2, 0) is 0 Å². The molecule has 0 spiro atoms. The third kappa shape index (κ3) is 2.56. The van der Waals surface area contributed by atoms with E-state index in [4.69, 9.17) is 10.3 Å². The average Bonchev–Trinajstić information content (AvgIpc) is 2.85. The highest BCUT2D eigenvalue weighted by molar-refractivity contribution is 9.10. The van der Waals surface area contributed by atoms with Gasteiger partial charge in [-0.05, 0) is 36.2 Å². The van der Waals surface area contributed by atoms with Gasteiger partial charge in [-0.1, -0.05) is 45.4 Å². The Bertz CT molecular complexity index is 797. The Labute approximate surface area is 129 Å². The minimum absolute atomic E-state index is 0.216. The molecule has 0 aliphatic heterocycles. The molecule has 0 amide bonds. The summed E-state index contributed by atoms with van der Waals surface area (Å²) in [6.07, 6.45) is 0. The van der Waals surface area contributed by atoms with Crippen molar-refractivity contribution in [3.63, 3.8) is 0 Å². The predicted molar refractivity (Wildman–Crippen MR) is 84.2 cm³/mol. The standard InChI is InChI=1S/C16H12BrFN2O/c1-9-2-3-11(8-13(9)17)15-14(16(19)21-20-15)10-4-6-12(18)7-5-10/h2-8H,19H2,1H3. The second-order valence-corrected chi connectivity index (χ2v) is 5.60. The summed E-state index contributed by atoms with van der Waals surface area (Å²) in [5.41, 5.74) is 9.96. The lowest BCUT2D eigenvalue weighted by molar-refractivity contribution is 0.439. The van der Waals surface area contributed by atoms with Crippen LogP contribution < -0.4 is 5.73 Å². The largest absolute Gasteiger partial charge is 0.367 e. The zero-order chi connectivity index (χ0) is 15.0. The molecule has 3 rings (SSSR count). The van der Waals surface area contributed by atoms with E-state index < -0.39 is 0 Å². The highest BCUT2D eigenvalue weighted by Gasteiger charge is 2.17. The number of nitrogens with zero attached hydrogens (tertiary/aromatic N) is 1. The summed E-state index contributed by atoms with van der Waals surface area (Å²) in [6.45, 7) is 2.01. The van der Waals surface area contributed by atoms with Gasteiger partial charge in [-0.25, -0.2) is 4.39 Å². The molecule has 0 aliphatic rings. The van der Waals surface area contributed by atoms with Gasteiger partial charge >= 0.3 is 0 Å². The SMILES string of the molecule is Cc1ccc(-c2noc(N)c2-c2ccc(F)cc2)cc1Br. The van der Waals surface area contributed by atoms with Crippen molar-refractivity contribution in [2.75, 3.05) is 5.73 Å². The van der Waals surface area contributed by atoms with Crippen molar-refractivity contribution in [1.29, 1.82) is 0 Å². The maximum atomic E-state index is 13.1. The Morgan fingerprint density at radius 3 is 2.43 bits per heavy atom. The lowest BCUT2D eigenvalue weighted by Crippen LogP contribution is -1.88. The summed E-state index contributed by atoms with van der Waals surface area (Å²) in [7, 11) is 0. The van der Waals surface area contributed by atoms with Gasteiger partial charge in [0, 0.05) is 10.0 Å². The number of rotatable bonds is 2. The molecule has 0 saturated heterocycles. The second kappa shape index (κ2) is 5.33. The summed E-state index contributed by atoms with van der Waals surface area (Å²) in [4.78, 5) is 0. The van der Waals surface area contributed by atoms with E-state index in [0.29, 0.717) is 11.3 Å². The lowest BCUT2D eigenvalue weighted by Gasteiger charge is -2.05. The number of nitrogens with two attached hydrogens (primary N) is 1. The van der Waals surface area contributed by atoms with Crippen LogP contribution in [0.3, 0.4) is 0 Å². The van der Waals surface area contributed by atoms with Gasteiger partial charge in [-0.3, -0.25) is 0 Å². The number of benzene rings is 2. The van der Waals surface area contributed by atoms with Crippen molar-refractivity contribution < 1.29 is 8.91 Å². The highest BCUT2D eigenvalue weighted by atomic mass is 79.9. The normalized spacial score (nSPS) is 10.8. The second-order valence-electron chi connectivity index (χ2n) is 4.74. The van der Waals surface area contributed by atoms with Crippen LogP contribution in [0.1, 0.15) is 5.56 Å². The number of hydrogen-bond donors (Lipinski definition) is 1. The zero-order valence-corrected chi connectivity index (χ0v) is 12.8.